The molecule has 1 aromatic rings. The molecule has 0 aliphatic heterocycles. The Hall–Kier alpha value is -2.00. The quantitative estimate of drug-likeness (QED) is 0.261. The molecule has 46 heavy (non-hydrogen) atoms. The van der Waals surface area contributed by atoms with Crippen LogP contribution in [0.1, 0.15) is 125 Å². The monoisotopic (exact) mass is 638 g/mol. The molecule has 0 radical (unpaired) electrons. The van der Waals surface area contributed by atoms with E-state index in [1.807, 2.05) is 0 Å². The van der Waals surface area contributed by atoms with Crippen LogP contribution in [0.5, 0.6) is 0 Å². The molecule has 0 aromatic heterocycles. The van der Waals surface area contributed by atoms with E-state index in [0.717, 1.165) is 77.0 Å². The predicted octanol–water partition coefficient (Wildman–Crippen LogP) is 5.79. The van der Waals surface area contributed by atoms with E-state index in [1.165, 1.54) is 0 Å². The number of carbonyl (C=O) groups excluding carboxylic acids is 2. The predicted molar refractivity (Wildman–Crippen MR) is 183 cm³/mol. The Bertz CT molecular complexity index is 1040. The van der Waals surface area contributed by atoms with Crippen molar-refractivity contribution >= 4 is 11.9 Å². The van der Waals surface area contributed by atoms with Gasteiger partial charge < -0.3 is 32.4 Å². The van der Waals surface area contributed by atoms with Crippen LogP contribution in [-0.2, 0) is 9.47 Å². The third-order valence-corrected chi connectivity index (χ3v) is 12.8. The van der Waals surface area contributed by atoms with E-state index >= 15 is 0 Å². The zero-order valence-electron chi connectivity index (χ0n) is 28.8. The van der Waals surface area contributed by atoms with Gasteiger partial charge in [0.15, 0.2) is 0 Å². The second-order valence-corrected chi connectivity index (χ2v) is 16.2. The fourth-order valence-electron chi connectivity index (χ4n) is 9.35. The van der Waals surface area contributed by atoms with Crippen molar-refractivity contribution in [2.24, 2.45) is 70.3 Å². The maximum Gasteiger partial charge on any atom is 0.338 e. The van der Waals surface area contributed by atoms with Crippen LogP contribution >= 0.6 is 0 Å². The number of carbonyl (C=O) groups is 2. The molecule has 0 bridgehead atoms. The van der Waals surface area contributed by atoms with Gasteiger partial charge in [-0.2, -0.15) is 0 Å². The summed E-state index contributed by atoms with van der Waals surface area (Å²) in [7, 11) is 0. The van der Waals surface area contributed by atoms with Crippen molar-refractivity contribution in [1.82, 2.24) is 0 Å². The largest absolute Gasteiger partial charge is 0.458 e. The van der Waals surface area contributed by atoms with Gasteiger partial charge in [0.05, 0.1) is 11.1 Å². The van der Waals surface area contributed by atoms with Gasteiger partial charge in [-0.15, -0.1) is 0 Å². The molecular weight excluding hydrogens is 576 g/mol. The molecule has 0 saturated heterocycles. The molecule has 5 rings (SSSR count). The van der Waals surface area contributed by atoms with Crippen LogP contribution in [0.4, 0.5) is 0 Å². The van der Waals surface area contributed by atoms with E-state index in [1.54, 1.807) is 24.3 Å². The summed E-state index contributed by atoms with van der Waals surface area (Å²) in [6.07, 6.45) is 11.1. The van der Waals surface area contributed by atoms with E-state index < -0.39 is 0 Å². The standard InChI is InChI=1S/C38H62N4O4/c1-21-16-25(8-12-31(21)39)35(26-9-13-32(40)22(2)17-26)45-37(43)29-6-5-7-30(20-29)38(44)46-36(27-10-14-33(41)23(3)18-27)28-11-15-34(42)24(4)19-28/h5-7,20-28,31-36H,8-19,39-42H2,1-4H3. The summed E-state index contributed by atoms with van der Waals surface area (Å²) in [5, 5.41) is 0. The smallest absolute Gasteiger partial charge is 0.338 e. The Kier molecular flexibility index (Phi) is 11.9. The van der Waals surface area contributed by atoms with Gasteiger partial charge in [-0.1, -0.05) is 33.8 Å². The van der Waals surface area contributed by atoms with Crippen molar-refractivity contribution in [1.29, 1.82) is 0 Å². The van der Waals surface area contributed by atoms with Crippen LogP contribution in [0.2, 0.25) is 0 Å². The number of benzene rings is 1. The summed E-state index contributed by atoms with van der Waals surface area (Å²) >= 11 is 0. The molecule has 0 amide bonds. The van der Waals surface area contributed by atoms with Crippen LogP contribution in [-0.4, -0.2) is 48.3 Å². The summed E-state index contributed by atoms with van der Waals surface area (Å²) in [5.74, 6) is 1.91. The average molecular weight is 639 g/mol. The van der Waals surface area contributed by atoms with E-state index in [4.69, 9.17) is 32.4 Å². The minimum absolute atomic E-state index is 0.184. The summed E-state index contributed by atoms with van der Waals surface area (Å²) in [6, 6.07) is 7.71. The Morgan fingerprint density at radius 3 is 1.09 bits per heavy atom. The molecule has 8 heteroatoms. The molecule has 258 valence electrons. The average Bonchev–Trinajstić information content (AvgIpc) is 3.04. The second kappa shape index (κ2) is 15.5. The molecule has 4 aliphatic carbocycles. The first-order chi connectivity index (χ1) is 21.9. The first-order valence-corrected chi connectivity index (χ1v) is 18.5. The summed E-state index contributed by atoms with van der Waals surface area (Å²) in [6.45, 7) is 8.84. The van der Waals surface area contributed by atoms with Gasteiger partial charge >= 0.3 is 11.9 Å². The van der Waals surface area contributed by atoms with Gasteiger partial charge in [0.1, 0.15) is 12.2 Å². The van der Waals surface area contributed by atoms with Crippen LogP contribution in [0, 0.1) is 47.3 Å². The highest BCUT2D eigenvalue weighted by atomic mass is 16.5. The van der Waals surface area contributed by atoms with E-state index in [0.29, 0.717) is 34.8 Å². The lowest BCUT2D eigenvalue weighted by Crippen LogP contribution is -2.45. The summed E-state index contributed by atoms with van der Waals surface area (Å²) in [4.78, 5) is 27.6. The highest BCUT2D eigenvalue weighted by Crippen LogP contribution is 2.42. The Morgan fingerprint density at radius 1 is 0.543 bits per heavy atom. The van der Waals surface area contributed by atoms with Crippen molar-refractivity contribution in [2.45, 2.75) is 141 Å². The van der Waals surface area contributed by atoms with Crippen LogP contribution in [0.3, 0.4) is 0 Å². The van der Waals surface area contributed by atoms with Gasteiger partial charge in [-0.25, -0.2) is 9.59 Å². The van der Waals surface area contributed by atoms with Gasteiger partial charge in [-0.05, 0) is 143 Å². The molecule has 8 nitrogen and oxygen atoms in total. The number of hydrogen-bond acceptors (Lipinski definition) is 8. The fourth-order valence-corrected chi connectivity index (χ4v) is 9.35. The first kappa shape index (κ1) is 35.3. The van der Waals surface area contributed by atoms with Crippen molar-refractivity contribution in [3.8, 4) is 0 Å². The van der Waals surface area contributed by atoms with Crippen LogP contribution in [0.15, 0.2) is 24.3 Å². The second-order valence-electron chi connectivity index (χ2n) is 16.2. The zero-order valence-corrected chi connectivity index (χ0v) is 28.8. The molecule has 8 N–H and O–H groups in total. The zero-order chi connectivity index (χ0) is 33.1. The van der Waals surface area contributed by atoms with E-state index in [-0.39, 0.29) is 72.0 Å². The van der Waals surface area contributed by atoms with Gasteiger partial charge in [0, 0.05) is 24.2 Å². The molecular formula is C38H62N4O4. The first-order valence-electron chi connectivity index (χ1n) is 18.5. The lowest BCUT2D eigenvalue weighted by Gasteiger charge is -2.42. The lowest BCUT2D eigenvalue weighted by atomic mass is 9.69. The highest BCUT2D eigenvalue weighted by Gasteiger charge is 2.42. The Labute approximate surface area is 277 Å². The third-order valence-electron chi connectivity index (χ3n) is 12.8. The van der Waals surface area contributed by atoms with Crippen molar-refractivity contribution in [3.05, 3.63) is 35.4 Å². The molecule has 4 fully saturated rings. The van der Waals surface area contributed by atoms with Crippen LogP contribution in [0.25, 0.3) is 0 Å². The lowest BCUT2D eigenvalue weighted by molar-refractivity contribution is -0.0345. The molecule has 4 aliphatic rings. The molecule has 0 heterocycles. The maximum atomic E-state index is 13.8. The number of ether oxygens (including phenoxy) is 2. The number of rotatable bonds is 8. The molecule has 12 unspecified atom stereocenters. The summed E-state index contributed by atoms with van der Waals surface area (Å²) < 4.78 is 12.9. The molecule has 12 atom stereocenters. The minimum Gasteiger partial charge on any atom is -0.458 e. The van der Waals surface area contributed by atoms with E-state index in [9.17, 15) is 9.59 Å². The molecule has 0 spiro atoms. The Balaban J connectivity index is 1.32. The van der Waals surface area contributed by atoms with Crippen molar-refractivity contribution in [2.75, 3.05) is 0 Å². The van der Waals surface area contributed by atoms with Gasteiger partial charge in [0.25, 0.3) is 0 Å². The Morgan fingerprint density at radius 2 is 0.826 bits per heavy atom. The third kappa shape index (κ3) is 8.34. The van der Waals surface area contributed by atoms with Gasteiger partial charge in [0.2, 0.25) is 0 Å². The molecule has 4 saturated carbocycles. The van der Waals surface area contributed by atoms with Crippen LogP contribution < -0.4 is 22.9 Å². The SMILES string of the molecule is CC1CC(C(OC(=O)c2cccc(C(=O)OC(C3CCC(N)C(C)C3)C3CCC(N)C(C)C3)c2)C2CCC(N)C(C)C2)CCC1N. The minimum atomic E-state index is -0.369. The number of nitrogens with two attached hydrogens (primary N) is 4. The number of esters is 2. The molecule has 1 aromatic carbocycles. The topological polar surface area (TPSA) is 157 Å². The fraction of sp³-hybridized carbons (Fsp3) is 0.789. The summed E-state index contributed by atoms with van der Waals surface area (Å²) in [5.41, 5.74) is 26.3. The van der Waals surface area contributed by atoms with Crippen molar-refractivity contribution in [3.63, 3.8) is 0 Å². The van der Waals surface area contributed by atoms with Gasteiger partial charge in [-0.3, -0.25) is 0 Å². The highest BCUT2D eigenvalue weighted by molar-refractivity contribution is 5.95. The maximum absolute atomic E-state index is 13.8. The van der Waals surface area contributed by atoms with E-state index in [2.05, 4.69) is 27.7 Å². The van der Waals surface area contributed by atoms with Crippen molar-refractivity contribution < 1.29 is 19.1 Å². The number of hydrogen-bond donors (Lipinski definition) is 4. The normalized spacial score (nSPS) is 40.0.